The summed E-state index contributed by atoms with van der Waals surface area (Å²) in [7, 11) is 0. The monoisotopic (exact) mass is 274 g/mol. The van der Waals surface area contributed by atoms with Crippen LogP contribution in [0.15, 0.2) is 12.4 Å². The summed E-state index contributed by atoms with van der Waals surface area (Å²) >= 11 is 0. The summed E-state index contributed by atoms with van der Waals surface area (Å²) < 4.78 is 5.76. The van der Waals surface area contributed by atoms with Gasteiger partial charge in [0.1, 0.15) is 6.10 Å². The first-order chi connectivity index (χ1) is 9.78. The minimum Gasteiger partial charge on any atom is -0.473 e. The second-order valence-corrected chi connectivity index (χ2v) is 4.42. The van der Waals surface area contributed by atoms with E-state index in [0.717, 1.165) is 25.9 Å². The van der Waals surface area contributed by atoms with Crippen molar-refractivity contribution in [3.63, 3.8) is 0 Å². The van der Waals surface area contributed by atoms with Crippen molar-refractivity contribution in [2.24, 2.45) is 0 Å². The quantitative estimate of drug-likeness (QED) is 0.803. The van der Waals surface area contributed by atoms with Gasteiger partial charge >= 0.3 is 5.91 Å². The van der Waals surface area contributed by atoms with Crippen LogP contribution in [0.1, 0.15) is 26.2 Å². The maximum Gasteiger partial charge on any atom is 0.301 e. The number of nitrogens with zero attached hydrogens (tertiary/aromatic N) is 2. The molecule has 0 aliphatic carbocycles. The van der Waals surface area contributed by atoms with Crippen LogP contribution in [-0.4, -0.2) is 35.1 Å². The van der Waals surface area contributed by atoms with Gasteiger partial charge in [-0.05, 0) is 31.9 Å². The zero-order chi connectivity index (χ0) is 14.2. The maximum atomic E-state index is 11.5. The molecule has 1 aliphatic heterocycles. The highest BCUT2D eigenvalue weighted by Gasteiger charge is 2.15. The second kappa shape index (κ2) is 7.46. The number of hydrogen-bond acceptors (Lipinski definition) is 5. The molecule has 0 spiro atoms. The van der Waals surface area contributed by atoms with Crippen LogP contribution >= 0.6 is 0 Å². The molecule has 0 saturated carbocycles. The van der Waals surface area contributed by atoms with Gasteiger partial charge in [0.2, 0.25) is 5.88 Å². The van der Waals surface area contributed by atoms with Crippen molar-refractivity contribution in [3.05, 3.63) is 12.4 Å². The van der Waals surface area contributed by atoms with Crippen LogP contribution in [0, 0.1) is 11.8 Å². The number of nitrogens with one attached hydrogen (secondary N) is 2. The maximum absolute atomic E-state index is 11.5. The highest BCUT2D eigenvalue weighted by Crippen LogP contribution is 2.14. The number of carbonyl (C=O) groups excluding carboxylic acids is 1. The predicted octanol–water partition coefficient (Wildman–Crippen LogP) is 0.959. The van der Waals surface area contributed by atoms with E-state index >= 15 is 0 Å². The number of ether oxygens (including phenoxy) is 1. The third-order valence-corrected chi connectivity index (χ3v) is 2.81. The van der Waals surface area contributed by atoms with Gasteiger partial charge in [0.05, 0.1) is 12.4 Å². The Kier molecular flexibility index (Phi) is 5.33. The van der Waals surface area contributed by atoms with Crippen molar-refractivity contribution >= 4 is 11.7 Å². The minimum atomic E-state index is -0.389. The van der Waals surface area contributed by atoms with Crippen molar-refractivity contribution in [2.45, 2.75) is 32.3 Å². The van der Waals surface area contributed by atoms with Gasteiger partial charge in [0, 0.05) is 6.42 Å². The lowest BCUT2D eigenvalue weighted by atomic mass is 10.1. The third-order valence-electron chi connectivity index (χ3n) is 2.81. The highest BCUT2D eigenvalue weighted by atomic mass is 16.5. The highest BCUT2D eigenvalue weighted by molar-refractivity contribution is 6.03. The van der Waals surface area contributed by atoms with Gasteiger partial charge in [-0.1, -0.05) is 12.8 Å². The molecule has 1 aromatic heterocycles. The second-order valence-electron chi connectivity index (χ2n) is 4.42. The van der Waals surface area contributed by atoms with E-state index < -0.39 is 0 Å². The average molecular weight is 274 g/mol. The smallest absolute Gasteiger partial charge is 0.301 e. The standard InChI is InChI=1S/C14H18N4O2/c1-2-3-4-13(19)17-12-9-16-10-14(18-12)20-11-5-7-15-8-6-11/h9-11,15H,2,5-8H2,1H3,(H,17,18,19). The molecule has 1 fully saturated rings. The molecule has 1 aliphatic rings. The molecule has 0 unspecified atom stereocenters. The number of carbonyl (C=O) groups is 1. The Balaban J connectivity index is 1.94. The van der Waals surface area contributed by atoms with Gasteiger partial charge in [0.25, 0.3) is 0 Å². The third kappa shape index (κ3) is 4.52. The Hall–Kier alpha value is -2.13. The zero-order valence-corrected chi connectivity index (χ0v) is 11.5. The Morgan fingerprint density at radius 2 is 2.30 bits per heavy atom. The van der Waals surface area contributed by atoms with E-state index in [2.05, 4.69) is 32.4 Å². The van der Waals surface area contributed by atoms with Crippen LogP contribution in [0.4, 0.5) is 5.82 Å². The molecule has 1 amide bonds. The molecular weight excluding hydrogens is 256 g/mol. The predicted molar refractivity (Wildman–Crippen MR) is 75.2 cm³/mol. The Bertz CT molecular complexity index is 515. The molecule has 0 aromatic carbocycles. The van der Waals surface area contributed by atoms with Gasteiger partial charge in [-0.25, -0.2) is 0 Å². The van der Waals surface area contributed by atoms with Crippen molar-refractivity contribution in [1.82, 2.24) is 15.3 Å². The molecule has 2 N–H and O–H groups in total. The lowest BCUT2D eigenvalue weighted by molar-refractivity contribution is -0.111. The van der Waals surface area contributed by atoms with Crippen LogP contribution in [0.5, 0.6) is 5.88 Å². The first-order valence-corrected chi connectivity index (χ1v) is 6.77. The van der Waals surface area contributed by atoms with Crippen molar-refractivity contribution < 1.29 is 9.53 Å². The molecule has 2 rings (SSSR count). The van der Waals surface area contributed by atoms with Gasteiger partial charge in [-0.3, -0.25) is 15.1 Å². The summed E-state index contributed by atoms with van der Waals surface area (Å²) in [4.78, 5) is 19.7. The lowest BCUT2D eigenvalue weighted by Crippen LogP contribution is -2.34. The molecular formula is C14H18N4O2. The van der Waals surface area contributed by atoms with Crippen molar-refractivity contribution in [1.29, 1.82) is 0 Å². The van der Waals surface area contributed by atoms with Gasteiger partial charge < -0.3 is 10.1 Å². The molecule has 6 heteroatoms. The average Bonchev–Trinajstić information content (AvgIpc) is 2.46. The summed E-state index contributed by atoms with van der Waals surface area (Å²) in [6.45, 7) is 3.77. The Morgan fingerprint density at radius 1 is 1.50 bits per heavy atom. The number of hydrogen-bond donors (Lipinski definition) is 2. The molecule has 1 aromatic rings. The molecule has 2 heterocycles. The fourth-order valence-electron chi connectivity index (χ4n) is 1.87. The van der Waals surface area contributed by atoms with Gasteiger partial charge in [-0.2, -0.15) is 4.98 Å². The first kappa shape index (κ1) is 14.3. The van der Waals surface area contributed by atoms with Crippen LogP contribution in [0.2, 0.25) is 0 Å². The van der Waals surface area contributed by atoms with Crippen LogP contribution in [-0.2, 0) is 4.79 Å². The largest absolute Gasteiger partial charge is 0.473 e. The van der Waals surface area contributed by atoms with Crippen LogP contribution in [0.3, 0.4) is 0 Å². The summed E-state index contributed by atoms with van der Waals surface area (Å²) in [5, 5.41) is 5.85. The first-order valence-electron chi connectivity index (χ1n) is 6.77. The molecule has 106 valence electrons. The van der Waals surface area contributed by atoms with Crippen molar-refractivity contribution in [2.75, 3.05) is 18.4 Å². The van der Waals surface area contributed by atoms with Crippen molar-refractivity contribution in [3.8, 4) is 17.7 Å². The van der Waals surface area contributed by atoms with E-state index in [0.29, 0.717) is 18.1 Å². The molecule has 6 nitrogen and oxygen atoms in total. The normalized spacial score (nSPS) is 15.1. The van der Waals surface area contributed by atoms with Crippen LogP contribution < -0.4 is 15.4 Å². The Labute approximate surface area is 118 Å². The summed E-state index contributed by atoms with van der Waals surface area (Å²) in [6, 6.07) is 0. The number of rotatable bonds is 3. The van der Waals surface area contributed by atoms with E-state index in [-0.39, 0.29) is 12.0 Å². The van der Waals surface area contributed by atoms with E-state index in [1.807, 2.05) is 6.92 Å². The van der Waals surface area contributed by atoms with Crippen LogP contribution in [0.25, 0.3) is 0 Å². The molecule has 1 saturated heterocycles. The van der Waals surface area contributed by atoms with E-state index in [1.54, 1.807) is 6.20 Å². The molecule has 0 atom stereocenters. The molecule has 0 bridgehead atoms. The van der Waals surface area contributed by atoms with Gasteiger partial charge in [0.15, 0.2) is 5.82 Å². The minimum absolute atomic E-state index is 0.149. The fourth-order valence-corrected chi connectivity index (χ4v) is 1.87. The molecule has 0 radical (unpaired) electrons. The Morgan fingerprint density at radius 3 is 3.05 bits per heavy atom. The molecule has 20 heavy (non-hydrogen) atoms. The number of amides is 1. The fraction of sp³-hybridized carbons (Fsp3) is 0.500. The summed E-state index contributed by atoms with van der Waals surface area (Å²) in [6.07, 6.45) is 5.70. The van der Waals surface area contributed by atoms with E-state index in [1.165, 1.54) is 6.20 Å². The lowest BCUT2D eigenvalue weighted by Gasteiger charge is -2.23. The van der Waals surface area contributed by atoms with Gasteiger partial charge in [-0.15, -0.1) is 0 Å². The van der Waals surface area contributed by atoms with E-state index in [9.17, 15) is 4.79 Å². The topological polar surface area (TPSA) is 76.1 Å². The SMILES string of the molecule is CCC#CC(=O)Nc1cncc(OC2CCNCC2)n1. The van der Waals surface area contributed by atoms with E-state index in [4.69, 9.17) is 4.74 Å². The number of piperidine rings is 1. The summed E-state index contributed by atoms with van der Waals surface area (Å²) in [5.74, 6) is 5.56. The number of anilines is 1. The zero-order valence-electron chi connectivity index (χ0n) is 11.5. The summed E-state index contributed by atoms with van der Waals surface area (Å²) in [5.41, 5.74) is 0. The number of aromatic nitrogens is 2.